The van der Waals surface area contributed by atoms with E-state index in [-0.39, 0.29) is 11.1 Å². The molecule has 158 valence electrons. The number of carbonyl (C=O) groups is 1. The highest BCUT2D eigenvalue weighted by Gasteiger charge is 2.56. The normalized spacial score (nSPS) is 31.7. The maximum Gasteiger partial charge on any atom is 0.336 e. The molecule has 0 aromatic heterocycles. The van der Waals surface area contributed by atoms with Gasteiger partial charge in [0.15, 0.2) is 26.0 Å². The molecule has 7 nitrogen and oxygen atoms in total. The number of methoxy groups -OCH3 is 1. The summed E-state index contributed by atoms with van der Waals surface area (Å²) in [6.45, 7) is 18.3. The summed E-state index contributed by atoms with van der Waals surface area (Å²) in [6.07, 6.45) is -2.41. The third kappa shape index (κ3) is 5.10. The summed E-state index contributed by atoms with van der Waals surface area (Å²) < 4.78 is 35.4. The molecule has 0 radical (unpaired) electrons. The first-order chi connectivity index (χ1) is 12.1. The average molecular weight is 405 g/mol. The maximum atomic E-state index is 12.7. The van der Waals surface area contributed by atoms with Gasteiger partial charge in [0.25, 0.3) is 0 Å². The van der Waals surface area contributed by atoms with Gasteiger partial charge in [-0.3, -0.25) is 0 Å². The highest BCUT2D eigenvalue weighted by molar-refractivity contribution is 6.74. The van der Waals surface area contributed by atoms with E-state index < -0.39 is 44.2 Å². The fraction of sp³-hybridized carbons (Fsp3) is 0.947. The molecule has 0 aromatic carbocycles. The van der Waals surface area contributed by atoms with Crippen molar-refractivity contribution >= 4 is 14.3 Å². The van der Waals surface area contributed by atoms with Crippen molar-refractivity contribution in [1.29, 1.82) is 0 Å². The van der Waals surface area contributed by atoms with Gasteiger partial charge in [-0.05, 0) is 45.8 Å². The Hall–Kier alpha value is -0.513. The minimum Gasteiger partial charge on any atom is -0.467 e. The molecule has 2 heterocycles. The topological polar surface area (TPSA) is 72.5 Å². The van der Waals surface area contributed by atoms with Crippen LogP contribution in [0.1, 0.15) is 48.5 Å². The van der Waals surface area contributed by atoms with Crippen LogP contribution in [0, 0.1) is 0 Å². The van der Waals surface area contributed by atoms with Gasteiger partial charge in [-0.25, -0.2) is 4.79 Å². The Morgan fingerprint density at radius 1 is 1.07 bits per heavy atom. The second-order valence-electron chi connectivity index (χ2n) is 9.75. The van der Waals surface area contributed by atoms with Crippen LogP contribution in [0.3, 0.4) is 0 Å². The number of ether oxygens (including phenoxy) is 5. The van der Waals surface area contributed by atoms with E-state index in [0.29, 0.717) is 6.61 Å². The Kier molecular flexibility index (Phi) is 6.23. The molecule has 8 heteroatoms. The first-order valence-electron chi connectivity index (χ1n) is 9.52. The molecule has 0 unspecified atom stereocenters. The number of carbonyl (C=O) groups excluding carboxylic acids is 1. The summed E-state index contributed by atoms with van der Waals surface area (Å²) >= 11 is 0. The van der Waals surface area contributed by atoms with Gasteiger partial charge in [-0.2, -0.15) is 0 Å². The fourth-order valence-corrected chi connectivity index (χ4v) is 4.29. The van der Waals surface area contributed by atoms with Crippen molar-refractivity contribution in [3.63, 3.8) is 0 Å². The van der Waals surface area contributed by atoms with Crippen LogP contribution in [0.5, 0.6) is 0 Å². The van der Waals surface area contributed by atoms with Gasteiger partial charge in [0, 0.05) is 0 Å². The number of hydrogen-bond donors (Lipinski definition) is 0. The lowest BCUT2D eigenvalue weighted by atomic mass is 10.0. The second kappa shape index (κ2) is 7.39. The molecule has 27 heavy (non-hydrogen) atoms. The second-order valence-corrected chi connectivity index (χ2v) is 14.5. The smallest absolute Gasteiger partial charge is 0.336 e. The average Bonchev–Trinajstić information content (AvgIpc) is 3.01. The van der Waals surface area contributed by atoms with Gasteiger partial charge in [0.05, 0.1) is 13.7 Å². The van der Waals surface area contributed by atoms with Gasteiger partial charge in [-0.15, -0.1) is 0 Å². The molecule has 4 atom stereocenters. The maximum absolute atomic E-state index is 12.7. The first kappa shape index (κ1) is 22.8. The van der Waals surface area contributed by atoms with E-state index >= 15 is 0 Å². The highest BCUT2D eigenvalue weighted by atomic mass is 28.4. The van der Waals surface area contributed by atoms with Crippen molar-refractivity contribution < 1.29 is 32.9 Å². The van der Waals surface area contributed by atoms with Gasteiger partial charge in [-0.1, -0.05) is 20.8 Å². The van der Waals surface area contributed by atoms with Crippen LogP contribution in [-0.4, -0.2) is 64.0 Å². The summed E-state index contributed by atoms with van der Waals surface area (Å²) in [7, 11) is -0.907. The van der Waals surface area contributed by atoms with Crippen molar-refractivity contribution in [2.45, 2.75) is 103 Å². The zero-order valence-electron chi connectivity index (χ0n) is 18.4. The molecule has 0 spiro atoms. The lowest BCUT2D eigenvalue weighted by Crippen LogP contribution is -2.54. The van der Waals surface area contributed by atoms with Crippen LogP contribution in [0.2, 0.25) is 18.1 Å². The van der Waals surface area contributed by atoms with Crippen molar-refractivity contribution in [3.8, 4) is 0 Å². The number of esters is 1. The van der Waals surface area contributed by atoms with Crippen LogP contribution >= 0.6 is 0 Å². The van der Waals surface area contributed by atoms with E-state index in [1.54, 1.807) is 0 Å². The molecule has 0 amide bonds. The van der Waals surface area contributed by atoms with E-state index in [1.807, 2.05) is 27.7 Å². The van der Waals surface area contributed by atoms with E-state index in [1.165, 1.54) is 7.11 Å². The standard InChI is InChI=1S/C19H36O7Si/c1-17(2,3)27(9,10)26-15(16(20)21-8)14-13(24-19(6,7)25-14)12-11-22-18(4,5)23-12/h12-15H,11H2,1-10H3/t12-,13-,14+,15-/m1/s1. The van der Waals surface area contributed by atoms with Gasteiger partial charge < -0.3 is 28.1 Å². The van der Waals surface area contributed by atoms with Crippen LogP contribution in [0.4, 0.5) is 0 Å². The third-order valence-corrected chi connectivity index (χ3v) is 9.98. The lowest BCUT2D eigenvalue weighted by molar-refractivity contribution is -0.176. The third-order valence-electron chi connectivity index (χ3n) is 5.52. The molecule has 0 aliphatic carbocycles. The zero-order valence-corrected chi connectivity index (χ0v) is 19.4. The molecule has 2 fully saturated rings. The molecule has 0 N–H and O–H groups in total. The zero-order chi connectivity index (χ0) is 20.8. The minimum atomic E-state index is -2.27. The van der Waals surface area contributed by atoms with E-state index in [4.69, 9.17) is 28.1 Å². The van der Waals surface area contributed by atoms with Crippen molar-refractivity contribution in [1.82, 2.24) is 0 Å². The van der Waals surface area contributed by atoms with Gasteiger partial charge >= 0.3 is 5.97 Å². The van der Waals surface area contributed by atoms with E-state index in [9.17, 15) is 4.79 Å². The van der Waals surface area contributed by atoms with E-state index in [0.717, 1.165) is 0 Å². The Balaban J connectivity index is 2.32. The monoisotopic (exact) mass is 404 g/mol. The Morgan fingerprint density at radius 2 is 1.67 bits per heavy atom. The van der Waals surface area contributed by atoms with Gasteiger partial charge in [0.2, 0.25) is 0 Å². The van der Waals surface area contributed by atoms with Crippen LogP contribution in [-0.2, 0) is 32.9 Å². The molecule has 0 aromatic rings. The van der Waals surface area contributed by atoms with Crippen molar-refractivity contribution in [2.75, 3.05) is 13.7 Å². The van der Waals surface area contributed by atoms with Crippen LogP contribution in [0.25, 0.3) is 0 Å². The molecule has 2 saturated heterocycles. The summed E-state index contributed by atoms with van der Waals surface area (Å²) in [5, 5.41) is -0.0707. The molecule has 2 aliphatic heterocycles. The minimum absolute atomic E-state index is 0.0707. The summed E-state index contributed by atoms with van der Waals surface area (Å²) in [5.41, 5.74) is 0. The Labute approximate surface area is 164 Å². The van der Waals surface area contributed by atoms with Crippen LogP contribution < -0.4 is 0 Å². The predicted molar refractivity (Wildman–Crippen MR) is 103 cm³/mol. The first-order valence-corrected chi connectivity index (χ1v) is 12.4. The van der Waals surface area contributed by atoms with Gasteiger partial charge in [0.1, 0.15) is 18.3 Å². The molecular formula is C19H36O7Si. The molecule has 0 saturated carbocycles. The Morgan fingerprint density at radius 3 is 2.11 bits per heavy atom. The number of hydrogen-bond acceptors (Lipinski definition) is 7. The molecule has 2 aliphatic rings. The Bertz CT molecular complexity index is 553. The summed E-state index contributed by atoms with van der Waals surface area (Å²) in [6, 6.07) is 0. The highest BCUT2D eigenvalue weighted by Crippen LogP contribution is 2.41. The molecule has 0 bridgehead atoms. The largest absolute Gasteiger partial charge is 0.467 e. The summed E-state index contributed by atoms with van der Waals surface area (Å²) in [4.78, 5) is 12.7. The fourth-order valence-electron chi connectivity index (χ4n) is 3.08. The number of rotatable bonds is 5. The quantitative estimate of drug-likeness (QED) is 0.514. The SMILES string of the molecule is COC(=O)[C@H](O[Si](C)(C)C(C)(C)C)[C@H]1OC(C)(C)O[C@@H]1[C@H]1COC(C)(C)O1. The molecule has 2 rings (SSSR count). The molecular weight excluding hydrogens is 368 g/mol. The summed E-state index contributed by atoms with van der Waals surface area (Å²) in [5.74, 6) is -2.03. The van der Waals surface area contributed by atoms with Crippen molar-refractivity contribution in [3.05, 3.63) is 0 Å². The van der Waals surface area contributed by atoms with Crippen LogP contribution in [0.15, 0.2) is 0 Å². The van der Waals surface area contributed by atoms with E-state index in [2.05, 4.69) is 33.9 Å². The lowest BCUT2D eigenvalue weighted by Gasteiger charge is -2.40. The predicted octanol–water partition coefficient (Wildman–Crippen LogP) is 3.22. The van der Waals surface area contributed by atoms with Crippen molar-refractivity contribution in [2.24, 2.45) is 0 Å².